The molecule has 0 atom stereocenters. The Morgan fingerprint density at radius 3 is 3.00 bits per heavy atom. The van der Waals surface area contributed by atoms with Gasteiger partial charge < -0.3 is 8.98 Å². The third-order valence-corrected chi connectivity index (χ3v) is 6.45. The molecule has 3 aromatic heterocycles. The summed E-state index contributed by atoms with van der Waals surface area (Å²) >= 11 is 9.34. The summed E-state index contributed by atoms with van der Waals surface area (Å²) in [5, 5.41) is 1.31. The van der Waals surface area contributed by atoms with E-state index in [9.17, 15) is 4.79 Å². The predicted octanol–water partition coefficient (Wildman–Crippen LogP) is 5.65. The molecule has 156 valence electrons. The number of rotatable bonds is 8. The number of fused-ring (bicyclic) bond motifs is 1. The number of carbonyl (C=O) groups excluding carboxylic acids is 1. The fraction of sp³-hybridized carbons (Fsp3) is 0.286. The SMILES string of the molecule is CSCc1ccc(C(=O)N(CCCn2ccnc2)c2nc3c(C)cc(Cl)cc3s2)o1. The first-order valence-corrected chi connectivity index (χ1v) is 12.1. The van der Waals surface area contributed by atoms with Crippen molar-refractivity contribution < 1.29 is 9.21 Å². The molecule has 0 unspecified atom stereocenters. The lowest BCUT2D eigenvalue weighted by Crippen LogP contribution is -2.32. The number of aromatic nitrogens is 3. The van der Waals surface area contributed by atoms with Crippen LogP contribution in [-0.2, 0) is 12.3 Å². The lowest BCUT2D eigenvalue weighted by Gasteiger charge is -2.18. The van der Waals surface area contributed by atoms with Crippen molar-refractivity contribution in [1.29, 1.82) is 0 Å². The fourth-order valence-corrected chi connectivity index (χ4v) is 5.10. The summed E-state index contributed by atoms with van der Waals surface area (Å²) in [6.45, 7) is 3.25. The quantitative estimate of drug-likeness (QED) is 0.340. The molecule has 0 aliphatic rings. The number of hydrogen-bond acceptors (Lipinski definition) is 6. The van der Waals surface area contributed by atoms with Gasteiger partial charge in [0.2, 0.25) is 0 Å². The number of hydrogen-bond donors (Lipinski definition) is 0. The summed E-state index contributed by atoms with van der Waals surface area (Å²) in [5.74, 6) is 1.66. The van der Waals surface area contributed by atoms with E-state index in [1.54, 1.807) is 35.3 Å². The van der Waals surface area contributed by atoms with Gasteiger partial charge in [0.15, 0.2) is 10.9 Å². The third-order valence-electron chi connectivity index (χ3n) is 4.63. The molecule has 0 saturated carbocycles. The van der Waals surface area contributed by atoms with Crippen LogP contribution >= 0.6 is 34.7 Å². The van der Waals surface area contributed by atoms with E-state index in [1.165, 1.54) is 11.3 Å². The maximum absolute atomic E-state index is 13.3. The average Bonchev–Trinajstić information content (AvgIpc) is 3.45. The second-order valence-electron chi connectivity index (χ2n) is 6.88. The highest BCUT2D eigenvalue weighted by molar-refractivity contribution is 7.97. The van der Waals surface area contributed by atoms with Crippen LogP contribution in [-0.4, -0.2) is 33.2 Å². The molecule has 0 saturated heterocycles. The average molecular weight is 461 g/mol. The van der Waals surface area contributed by atoms with Crippen LogP contribution in [0, 0.1) is 6.92 Å². The van der Waals surface area contributed by atoms with E-state index in [4.69, 9.17) is 21.0 Å². The summed E-state index contributed by atoms with van der Waals surface area (Å²) in [7, 11) is 0. The minimum Gasteiger partial charge on any atom is -0.455 e. The number of thioether (sulfide) groups is 1. The van der Waals surface area contributed by atoms with Gasteiger partial charge in [-0.1, -0.05) is 22.9 Å². The fourth-order valence-electron chi connectivity index (χ4n) is 3.22. The molecule has 0 bridgehead atoms. The number of aryl methyl sites for hydroxylation is 2. The summed E-state index contributed by atoms with van der Waals surface area (Å²) in [5.41, 5.74) is 1.86. The maximum atomic E-state index is 13.3. The van der Waals surface area contributed by atoms with Crippen LogP contribution in [0.5, 0.6) is 0 Å². The van der Waals surface area contributed by atoms with Crippen LogP contribution in [0.25, 0.3) is 10.2 Å². The maximum Gasteiger partial charge on any atom is 0.295 e. The Morgan fingerprint density at radius 2 is 2.23 bits per heavy atom. The van der Waals surface area contributed by atoms with Crippen LogP contribution in [0.2, 0.25) is 5.02 Å². The molecular formula is C21H21ClN4O2S2. The van der Waals surface area contributed by atoms with Crippen LogP contribution in [0.4, 0.5) is 5.13 Å². The van der Waals surface area contributed by atoms with Gasteiger partial charge >= 0.3 is 0 Å². The normalized spacial score (nSPS) is 11.3. The molecule has 9 heteroatoms. The van der Waals surface area contributed by atoms with Crippen molar-refractivity contribution in [3.63, 3.8) is 0 Å². The smallest absolute Gasteiger partial charge is 0.295 e. The Morgan fingerprint density at radius 1 is 1.37 bits per heavy atom. The first-order chi connectivity index (χ1) is 14.5. The first kappa shape index (κ1) is 21.0. The van der Waals surface area contributed by atoms with Gasteiger partial charge in [-0.3, -0.25) is 9.69 Å². The number of nitrogens with zero attached hydrogens (tertiary/aromatic N) is 4. The molecule has 1 aromatic carbocycles. The Labute approximate surface area is 187 Å². The highest BCUT2D eigenvalue weighted by atomic mass is 35.5. The molecule has 1 amide bonds. The Kier molecular flexibility index (Phi) is 6.46. The number of halogens is 1. The second-order valence-corrected chi connectivity index (χ2v) is 9.19. The van der Waals surface area contributed by atoms with E-state index in [0.717, 1.165) is 40.3 Å². The van der Waals surface area contributed by atoms with Gasteiger partial charge in [-0.15, -0.1) is 0 Å². The zero-order chi connectivity index (χ0) is 21.1. The van der Waals surface area contributed by atoms with Gasteiger partial charge in [0.1, 0.15) is 5.76 Å². The highest BCUT2D eigenvalue weighted by Crippen LogP contribution is 2.34. The van der Waals surface area contributed by atoms with Crippen molar-refractivity contribution in [1.82, 2.24) is 14.5 Å². The van der Waals surface area contributed by atoms with Crippen LogP contribution in [0.15, 0.2) is 47.4 Å². The molecule has 4 aromatic rings. The Balaban J connectivity index is 1.63. The number of anilines is 1. The van der Waals surface area contributed by atoms with Crippen molar-refractivity contribution in [2.45, 2.75) is 25.6 Å². The van der Waals surface area contributed by atoms with Crippen molar-refractivity contribution in [2.24, 2.45) is 0 Å². The van der Waals surface area contributed by atoms with Crippen LogP contribution in [0.1, 0.15) is 28.3 Å². The van der Waals surface area contributed by atoms with E-state index in [-0.39, 0.29) is 5.91 Å². The molecule has 0 radical (unpaired) electrons. The third kappa shape index (κ3) is 4.55. The molecule has 30 heavy (non-hydrogen) atoms. The number of thiazole rings is 1. The number of imidazole rings is 1. The summed E-state index contributed by atoms with van der Waals surface area (Å²) < 4.78 is 8.74. The van der Waals surface area contributed by atoms with Crippen molar-refractivity contribution in [3.05, 3.63) is 65.1 Å². The molecular weight excluding hydrogens is 440 g/mol. The monoisotopic (exact) mass is 460 g/mol. The number of carbonyl (C=O) groups is 1. The van der Waals surface area contributed by atoms with E-state index in [2.05, 4.69) is 4.98 Å². The van der Waals surface area contributed by atoms with Crippen molar-refractivity contribution in [3.8, 4) is 0 Å². The van der Waals surface area contributed by atoms with Gasteiger partial charge in [0.05, 0.1) is 22.3 Å². The van der Waals surface area contributed by atoms with Gasteiger partial charge in [-0.2, -0.15) is 11.8 Å². The van der Waals surface area contributed by atoms with Gasteiger partial charge in [0.25, 0.3) is 5.91 Å². The minimum atomic E-state index is -0.184. The predicted molar refractivity (Wildman–Crippen MR) is 124 cm³/mol. The van der Waals surface area contributed by atoms with E-state index in [1.807, 2.05) is 42.1 Å². The minimum absolute atomic E-state index is 0.184. The number of benzene rings is 1. The number of furan rings is 1. The lowest BCUT2D eigenvalue weighted by molar-refractivity contribution is 0.0958. The van der Waals surface area contributed by atoms with Gasteiger partial charge in [0, 0.05) is 30.5 Å². The van der Waals surface area contributed by atoms with Crippen LogP contribution < -0.4 is 4.90 Å². The summed E-state index contributed by atoms with van der Waals surface area (Å²) in [4.78, 5) is 23.9. The molecule has 4 rings (SSSR count). The van der Waals surface area contributed by atoms with Crippen molar-refractivity contribution >= 4 is 56.0 Å². The molecule has 6 nitrogen and oxygen atoms in total. The van der Waals surface area contributed by atoms with E-state index < -0.39 is 0 Å². The largest absolute Gasteiger partial charge is 0.455 e. The first-order valence-electron chi connectivity index (χ1n) is 9.47. The standard InChI is InChI=1S/C21H21ClN4O2S2/c1-14-10-15(22)11-18-19(14)24-21(30-18)26(8-3-7-25-9-6-23-13-25)20(27)17-5-4-16(28-17)12-29-2/h4-6,9-11,13H,3,7-8,12H2,1-2H3. The molecule has 0 N–H and O–H groups in total. The molecule has 0 spiro atoms. The van der Waals surface area contributed by atoms with E-state index in [0.29, 0.717) is 22.5 Å². The number of amides is 1. The highest BCUT2D eigenvalue weighted by Gasteiger charge is 2.24. The molecule has 0 fully saturated rings. The summed E-state index contributed by atoms with van der Waals surface area (Å²) in [6.07, 6.45) is 8.20. The second kappa shape index (κ2) is 9.24. The van der Waals surface area contributed by atoms with Crippen LogP contribution in [0.3, 0.4) is 0 Å². The van der Waals surface area contributed by atoms with E-state index >= 15 is 0 Å². The zero-order valence-corrected chi connectivity index (χ0v) is 19.1. The zero-order valence-electron chi connectivity index (χ0n) is 16.7. The molecule has 0 aliphatic carbocycles. The Hall–Kier alpha value is -2.29. The van der Waals surface area contributed by atoms with Gasteiger partial charge in [-0.25, -0.2) is 9.97 Å². The Bertz CT molecular complexity index is 1150. The summed E-state index contributed by atoms with van der Waals surface area (Å²) in [6, 6.07) is 7.38. The lowest BCUT2D eigenvalue weighted by atomic mass is 10.2. The molecule has 3 heterocycles. The van der Waals surface area contributed by atoms with Gasteiger partial charge in [-0.05, 0) is 49.4 Å². The molecule has 0 aliphatic heterocycles. The van der Waals surface area contributed by atoms with Crippen molar-refractivity contribution in [2.75, 3.05) is 17.7 Å². The topological polar surface area (TPSA) is 64.2 Å².